The molecule has 0 aromatic carbocycles. The van der Waals surface area contributed by atoms with Gasteiger partial charge in [-0.25, -0.2) is 0 Å². The summed E-state index contributed by atoms with van der Waals surface area (Å²) < 4.78 is 6.51. The molecule has 11 heavy (non-hydrogen) atoms. The third-order valence-electron chi connectivity index (χ3n) is 1.92. The first-order chi connectivity index (χ1) is 5.27. The molecule has 0 radical (unpaired) electrons. The van der Waals surface area contributed by atoms with Gasteiger partial charge in [0.15, 0.2) is 0 Å². The molecule has 0 unspecified atom stereocenters. The molecule has 0 bridgehead atoms. The Morgan fingerprint density at radius 1 is 1.55 bits per heavy atom. The molecule has 0 fully saturated rings. The SMILES string of the molecule is CCC1=C(Br)CCC(OC)=C1. The highest BCUT2D eigenvalue weighted by Crippen LogP contribution is 2.29. The lowest BCUT2D eigenvalue weighted by Gasteiger charge is -2.14. The van der Waals surface area contributed by atoms with Crippen LogP contribution in [0.15, 0.2) is 21.9 Å². The number of rotatable bonds is 2. The largest absolute Gasteiger partial charge is 0.501 e. The van der Waals surface area contributed by atoms with Gasteiger partial charge in [-0.3, -0.25) is 0 Å². The standard InChI is InChI=1S/C9H13BrO/c1-3-7-6-8(11-2)4-5-9(7)10/h6H,3-5H2,1-2H3. The van der Waals surface area contributed by atoms with Gasteiger partial charge in [0.1, 0.15) is 0 Å². The zero-order valence-corrected chi connectivity index (χ0v) is 8.57. The van der Waals surface area contributed by atoms with Gasteiger partial charge in [-0.2, -0.15) is 0 Å². The van der Waals surface area contributed by atoms with Crippen molar-refractivity contribution in [2.75, 3.05) is 7.11 Å². The van der Waals surface area contributed by atoms with Crippen molar-refractivity contribution >= 4 is 15.9 Å². The van der Waals surface area contributed by atoms with Crippen molar-refractivity contribution in [3.63, 3.8) is 0 Å². The fourth-order valence-corrected chi connectivity index (χ4v) is 1.79. The molecule has 1 rings (SSSR count). The first kappa shape index (κ1) is 8.85. The van der Waals surface area contributed by atoms with Crippen LogP contribution in [-0.4, -0.2) is 7.11 Å². The molecular weight excluding hydrogens is 204 g/mol. The third-order valence-corrected chi connectivity index (χ3v) is 2.82. The van der Waals surface area contributed by atoms with Crippen molar-refractivity contribution in [3.05, 3.63) is 21.9 Å². The summed E-state index contributed by atoms with van der Waals surface area (Å²) in [5.74, 6) is 1.10. The van der Waals surface area contributed by atoms with Crippen LogP contribution in [0.5, 0.6) is 0 Å². The molecule has 1 nitrogen and oxygen atoms in total. The summed E-state index contributed by atoms with van der Waals surface area (Å²) >= 11 is 3.55. The van der Waals surface area contributed by atoms with Gasteiger partial charge in [0.2, 0.25) is 0 Å². The number of allylic oxidation sites excluding steroid dienone is 4. The van der Waals surface area contributed by atoms with Crippen molar-refractivity contribution < 1.29 is 4.74 Å². The molecule has 1 aliphatic rings. The van der Waals surface area contributed by atoms with Crippen molar-refractivity contribution in [1.82, 2.24) is 0 Å². The minimum absolute atomic E-state index is 1.03. The van der Waals surface area contributed by atoms with Crippen LogP contribution in [0.3, 0.4) is 0 Å². The van der Waals surface area contributed by atoms with Gasteiger partial charge in [-0.05, 0) is 29.0 Å². The number of hydrogen-bond donors (Lipinski definition) is 0. The number of hydrogen-bond acceptors (Lipinski definition) is 1. The Morgan fingerprint density at radius 3 is 2.82 bits per heavy atom. The topological polar surface area (TPSA) is 9.23 Å². The zero-order chi connectivity index (χ0) is 8.27. The van der Waals surface area contributed by atoms with E-state index >= 15 is 0 Å². The summed E-state index contributed by atoms with van der Waals surface area (Å²) in [6.45, 7) is 2.16. The second kappa shape index (κ2) is 3.96. The maximum Gasteiger partial charge on any atom is 0.0961 e. The Hall–Kier alpha value is -0.240. The molecule has 0 saturated heterocycles. The Labute approximate surface area is 76.3 Å². The molecule has 62 valence electrons. The summed E-state index contributed by atoms with van der Waals surface area (Å²) in [5.41, 5.74) is 1.37. The summed E-state index contributed by atoms with van der Waals surface area (Å²) in [6.07, 6.45) is 5.32. The summed E-state index contributed by atoms with van der Waals surface area (Å²) in [5, 5.41) is 0. The predicted molar refractivity (Wildman–Crippen MR) is 50.6 cm³/mol. The van der Waals surface area contributed by atoms with E-state index in [9.17, 15) is 0 Å². The highest BCUT2D eigenvalue weighted by atomic mass is 79.9. The highest BCUT2D eigenvalue weighted by molar-refractivity contribution is 9.11. The fourth-order valence-electron chi connectivity index (χ4n) is 1.19. The lowest BCUT2D eigenvalue weighted by molar-refractivity contribution is 0.275. The van der Waals surface area contributed by atoms with Crippen LogP contribution in [0.2, 0.25) is 0 Å². The van der Waals surface area contributed by atoms with E-state index in [0.29, 0.717) is 0 Å². The molecule has 0 N–H and O–H groups in total. The minimum atomic E-state index is 1.03. The van der Waals surface area contributed by atoms with E-state index in [4.69, 9.17) is 4.74 Å². The van der Waals surface area contributed by atoms with Gasteiger partial charge < -0.3 is 4.74 Å². The van der Waals surface area contributed by atoms with Gasteiger partial charge >= 0.3 is 0 Å². The van der Waals surface area contributed by atoms with Crippen LogP contribution in [0.4, 0.5) is 0 Å². The van der Waals surface area contributed by atoms with Crippen LogP contribution in [-0.2, 0) is 4.74 Å². The summed E-state index contributed by atoms with van der Waals surface area (Å²) in [7, 11) is 1.73. The van der Waals surface area contributed by atoms with Gasteiger partial charge in [-0.15, -0.1) is 0 Å². The van der Waals surface area contributed by atoms with Crippen LogP contribution >= 0.6 is 15.9 Å². The number of ether oxygens (including phenoxy) is 1. The average molecular weight is 217 g/mol. The van der Waals surface area contributed by atoms with E-state index in [0.717, 1.165) is 25.0 Å². The smallest absolute Gasteiger partial charge is 0.0961 e. The maximum atomic E-state index is 5.18. The minimum Gasteiger partial charge on any atom is -0.501 e. The molecule has 0 aromatic rings. The van der Waals surface area contributed by atoms with E-state index in [2.05, 4.69) is 28.9 Å². The Kier molecular flexibility index (Phi) is 3.18. The lowest BCUT2D eigenvalue weighted by atomic mass is 10.0. The Balaban J connectivity index is 2.78. The van der Waals surface area contributed by atoms with Crippen molar-refractivity contribution in [1.29, 1.82) is 0 Å². The number of halogens is 1. The first-order valence-corrected chi connectivity index (χ1v) is 4.69. The second-order valence-electron chi connectivity index (χ2n) is 2.60. The first-order valence-electron chi connectivity index (χ1n) is 3.90. The maximum absolute atomic E-state index is 5.18. The van der Waals surface area contributed by atoms with Crippen molar-refractivity contribution in [2.24, 2.45) is 0 Å². The number of methoxy groups -OCH3 is 1. The van der Waals surface area contributed by atoms with E-state index in [-0.39, 0.29) is 0 Å². The quantitative estimate of drug-likeness (QED) is 0.688. The van der Waals surface area contributed by atoms with Crippen molar-refractivity contribution in [3.8, 4) is 0 Å². The van der Waals surface area contributed by atoms with Gasteiger partial charge in [-0.1, -0.05) is 22.9 Å². The summed E-state index contributed by atoms with van der Waals surface area (Å²) in [4.78, 5) is 0. The molecule has 0 heterocycles. The van der Waals surface area contributed by atoms with E-state index in [1.54, 1.807) is 7.11 Å². The van der Waals surface area contributed by atoms with Gasteiger partial charge in [0.05, 0.1) is 12.9 Å². The lowest BCUT2D eigenvalue weighted by Crippen LogP contribution is -1.96. The highest BCUT2D eigenvalue weighted by Gasteiger charge is 2.09. The average Bonchev–Trinajstić information content (AvgIpc) is 2.05. The monoisotopic (exact) mass is 216 g/mol. The van der Waals surface area contributed by atoms with E-state index in [1.807, 2.05) is 0 Å². The predicted octanol–water partition coefficient (Wildman–Crippen LogP) is 3.37. The molecule has 1 aliphatic carbocycles. The normalized spacial score (nSPS) is 18.3. The second-order valence-corrected chi connectivity index (χ2v) is 3.56. The Bertz CT molecular complexity index is 204. The fraction of sp³-hybridized carbons (Fsp3) is 0.556. The molecular formula is C9H13BrO. The van der Waals surface area contributed by atoms with Crippen LogP contribution in [0.25, 0.3) is 0 Å². The van der Waals surface area contributed by atoms with Gasteiger partial charge in [0.25, 0.3) is 0 Å². The molecule has 0 atom stereocenters. The molecule has 0 aromatic heterocycles. The van der Waals surface area contributed by atoms with E-state index < -0.39 is 0 Å². The van der Waals surface area contributed by atoms with Crippen LogP contribution in [0.1, 0.15) is 26.2 Å². The molecule has 0 amide bonds. The van der Waals surface area contributed by atoms with Crippen molar-refractivity contribution in [2.45, 2.75) is 26.2 Å². The van der Waals surface area contributed by atoms with Crippen LogP contribution < -0.4 is 0 Å². The van der Waals surface area contributed by atoms with Gasteiger partial charge in [0, 0.05) is 6.42 Å². The Morgan fingerprint density at radius 2 is 2.27 bits per heavy atom. The molecule has 0 saturated carbocycles. The molecule has 0 aliphatic heterocycles. The van der Waals surface area contributed by atoms with E-state index in [1.165, 1.54) is 10.1 Å². The third kappa shape index (κ3) is 2.09. The van der Waals surface area contributed by atoms with Crippen LogP contribution in [0, 0.1) is 0 Å². The molecule has 0 spiro atoms. The zero-order valence-electron chi connectivity index (χ0n) is 6.98. The summed E-state index contributed by atoms with van der Waals surface area (Å²) in [6, 6.07) is 0. The molecule has 2 heteroatoms.